The zero-order chi connectivity index (χ0) is 20.5. The van der Waals surface area contributed by atoms with E-state index in [2.05, 4.69) is 20.4 Å². The fourth-order valence-corrected chi connectivity index (χ4v) is 7.39. The molecular weight excluding hydrogens is 348 g/mol. The molecule has 3 heteroatoms. The van der Waals surface area contributed by atoms with E-state index in [0.29, 0.717) is 34.9 Å². The molecule has 0 heterocycles. The largest absolute Gasteiger partial charge is 0.462 e. The topological polar surface area (TPSA) is 43.4 Å². The van der Waals surface area contributed by atoms with Crippen LogP contribution in [0.1, 0.15) is 86.0 Å². The Kier molecular flexibility index (Phi) is 4.64. The average Bonchev–Trinajstić information content (AvgIpc) is 2.85. The van der Waals surface area contributed by atoms with E-state index in [-0.39, 0.29) is 17.5 Å². The van der Waals surface area contributed by atoms with Crippen molar-refractivity contribution in [2.24, 2.45) is 39.9 Å². The first-order valence-corrected chi connectivity index (χ1v) is 11.4. The molecule has 0 amide bonds. The predicted molar refractivity (Wildman–Crippen MR) is 111 cm³/mol. The number of Topliss-reactive ketones (excluding diaryl/α,β-unsaturated/α-hetero) is 1. The minimum Gasteiger partial charge on any atom is -0.462 e. The molecule has 0 bridgehead atoms. The van der Waals surface area contributed by atoms with E-state index in [9.17, 15) is 9.59 Å². The molecule has 0 radical (unpaired) electrons. The summed E-state index contributed by atoms with van der Waals surface area (Å²) in [4.78, 5) is 25.1. The summed E-state index contributed by atoms with van der Waals surface area (Å²) in [5.74, 6) is 2.80. The number of carbonyl (C=O) groups excluding carboxylic acids is 2. The van der Waals surface area contributed by atoms with Crippen LogP contribution >= 0.6 is 0 Å². The molecule has 0 aliphatic heterocycles. The molecule has 4 saturated carbocycles. The first kappa shape index (κ1) is 20.2. The molecule has 0 saturated heterocycles. The van der Waals surface area contributed by atoms with Gasteiger partial charge in [-0.25, -0.2) is 0 Å². The van der Waals surface area contributed by atoms with Gasteiger partial charge in [0, 0.05) is 5.41 Å². The Morgan fingerprint density at radius 2 is 1.79 bits per heavy atom. The van der Waals surface area contributed by atoms with Crippen LogP contribution in [0.15, 0.2) is 12.2 Å². The summed E-state index contributed by atoms with van der Waals surface area (Å²) in [6, 6.07) is 0. The van der Waals surface area contributed by atoms with Gasteiger partial charge in [0.15, 0.2) is 5.78 Å². The molecule has 4 rings (SSSR count). The maximum atomic E-state index is 12.8. The molecule has 4 aliphatic carbocycles. The zero-order valence-corrected chi connectivity index (χ0v) is 18.5. The molecule has 0 N–H and O–H groups in total. The Hall–Kier alpha value is -1.12. The maximum absolute atomic E-state index is 12.8. The third kappa shape index (κ3) is 2.91. The lowest BCUT2D eigenvalue weighted by Crippen LogP contribution is -2.54. The van der Waals surface area contributed by atoms with E-state index >= 15 is 0 Å². The predicted octanol–water partition coefficient (Wildman–Crippen LogP) is 5.72. The average molecular weight is 387 g/mol. The number of allylic oxidation sites excluding steroid dienone is 1. The maximum Gasteiger partial charge on any atom is 0.311 e. The molecule has 2 unspecified atom stereocenters. The fraction of sp³-hybridized carbons (Fsp3) is 0.840. The first-order chi connectivity index (χ1) is 13.0. The molecule has 4 aliphatic rings. The number of fused-ring (bicyclic) bond motifs is 5. The molecule has 28 heavy (non-hydrogen) atoms. The van der Waals surface area contributed by atoms with Crippen LogP contribution in [0.3, 0.4) is 0 Å². The Balaban J connectivity index is 1.50. The molecular formula is C25H38O3. The van der Waals surface area contributed by atoms with Crippen molar-refractivity contribution < 1.29 is 14.3 Å². The van der Waals surface area contributed by atoms with Crippen molar-refractivity contribution in [1.29, 1.82) is 0 Å². The van der Waals surface area contributed by atoms with Crippen molar-refractivity contribution in [2.45, 2.75) is 92.1 Å². The Morgan fingerprint density at radius 3 is 2.46 bits per heavy atom. The summed E-state index contributed by atoms with van der Waals surface area (Å²) < 4.78 is 5.90. The Labute approximate surface area is 170 Å². The van der Waals surface area contributed by atoms with Gasteiger partial charge in [-0.05, 0) is 107 Å². The van der Waals surface area contributed by atoms with Crippen LogP contribution in [-0.2, 0) is 14.3 Å². The van der Waals surface area contributed by atoms with E-state index in [0.717, 1.165) is 37.7 Å². The van der Waals surface area contributed by atoms with Gasteiger partial charge in [0.2, 0.25) is 0 Å². The van der Waals surface area contributed by atoms with Crippen molar-refractivity contribution in [3.8, 4) is 0 Å². The van der Waals surface area contributed by atoms with Gasteiger partial charge in [-0.1, -0.05) is 20.4 Å². The van der Waals surface area contributed by atoms with Gasteiger partial charge in [-0.2, -0.15) is 0 Å². The number of ketones is 1. The van der Waals surface area contributed by atoms with E-state index in [1.807, 2.05) is 20.8 Å². The SMILES string of the molecule is C=C1C[C@H]2[C@@H]3CCC4CC(OC(=O)C(C)(C)C)CC[C@]4(C)[C@@H]3CC[C@]2(C)C1=O. The number of carbonyl (C=O) groups is 2. The van der Waals surface area contributed by atoms with E-state index in [4.69, 9.17) is 4.74 Å². The molecule has 3 nitrogen and oxygen atoms in total. The van der Waals surface area contributed by atoms with Crippen molar-refractivity contribution in [3.05, 3.63) is 12.2 Å². The number of ether oxygens (including phenoxy) is 1. The highest BCUT2D eigenvalue weighted by molar-refractivity contribution is 6.02. The van der Waals surface area contributed by atoms with E-state index < -0.39 is 5.41 Å². The molecule has 156 valence electrons. The van der Waals surface area contributed by atoms with Crippen LogP contribution in [0, 0.1) is 39.9 Å². The molecule has 7 atom stereocenters. The van der Waals surface area contributed by atoms with Gasteiger partial charge >= 0.3 is 5.97 Å². The number of rotatable bonds is 1. The van der Waals surface area contributed by atoms with E-state index in [1.165, 1.54) is 19.3 Å². The van der Waals surface area contributed by atoms with Crippen LogP contribution in [0.5, 0.6) is 0 Å². The highest BCUT2D eigenvalue weighted by Gasteiger charge is 2.61. The van der Waals surface area contributed by atoms with Crippen molar-refractivity contribution in [3.63, 3.8) is 0 Å². The number of esters is 1. The summed E-state index contributed by atoms with van der Waals surface area (Å²) in [5, 5.41) is 0. The van der Waals surface area contributed by atoms with Crippen LogP contribution in [0.4, 0.5) is 0 Å². The van der Waals surface area contributed by atoms with Gasteiger partial charge < -0.3 is 4.74 Å². The third-order valence-electron chi connectivity index (χ3n) is 9.20. The first-order valence-electron chi connectivity index (χ1n) is 11.4. The second-order valence-electron chi connectivity index (χ2n) is 11.8. The lowest BCUT2D eigenvalue weighted by atomic mass is 9.45. The van der Waals surface area contributed by atoms with Gasteiger partial charge in [0.1, 0.15) is 6.10 Å². The highest BCUT2D eigenvalue weighted by Crippen LogP contribution is 2.66. The fourth-order valence-electron chi connectivity index (χ4n) is 7.39. The summed E-state index contributed by atoms with van der Waals surface area (Å²) in [6.07, 6.45) is 8.82. The van der Waals surface area contributed by atoms with Crippen LogP contribution in [0.25, 0.3) is 0 Å². The smallest absolute Gasteiger partial charge is 0.311 e. The highest BCUT2D eigenvalue weighted by atomic mass is 16.5. The number of hydrogen-bond acceptors (Lipinski definition) is 3. The monoisotopic (exact) mass is 386 g/mol. The standard InChI is InChI=1S/C25H38O3/c1-15-13-20-18-8-7-16-14-17(28-22(27)23(2,3)4)9-11-24(16,5)19(18)10-12-25(20,6)21(15)26/h16-20H,1,7-14H2,2-6H3/t16?,17?,18-,19-,20+,24+,25+/m1/s1. The molecule has 0 aromatic rings. The zero-order valence-electron chi connectivity index (χ0n) is 18.5. The van der Waals surface area contributed by atoms with Gasteiger partial charge in [-0.3, -0.25) is 9.59 Å². The molecule has 4 fully saturated rings. The van der Waals surface area contributed by atoms with Crippen molar-refractivity contribution in [2.75, 3.05) is 0 Å². The second-order valence-corrected chi connectivity index (χ2v) is 11.8. The van der Waals surface area contributed by atoms with Crippen molar-refractivity contribution >= 4 is 11.8 Å². The van der Waals surface area contributed by atoms with Crippen LogP contribution in [-0.4, -0.2) is 17.9 Å². The Bertz CT molecular complexity index is 701. The second kappa shape index (κ2) is 6.44. The third-order valence-corrected chi connectivity index (χ3v) is 9.20. The van der Waals surface area contributed by atoms with Gasteiger partial charge in [-0.15, -0.1) is 0 Å². The lowest BCUT2D eigenvalue weighted by Gasteiger charge is -2.60. The lowest BCUT2D eigenvalue weighted by molar-refractivity contribution is -0.170. The molecule has 0 aromatic heterocycles. The van der Waals surface area contributed by atoms with Gasteiger partial charge in [0.25, 0.3) is 0 Å². The molecule has 0 spiro atoms. The summed E-state index contributed by atoms with van der Waals surface area (Å²) in [6.45, 7) is 14.6. The summed E-state index contributed by atoms with van der Waals surface area (Å²) >= 11 is 0. The molecule has 0 aromatic carbocycles. The number of hydrogen-bond donors (Lipinski definition) is 0. The van der Waals surface area contributed by atoms with Crippen LogP contribution < -0.4 is 0 Å². The van der Waals surface area contributed by atoms with Gasteiger partial charge in [0.05, 0.1) is 5.41 Å². The normalized spacial score (nSPS) is 45.8. The Morgan fingerprint density at radius 1 is 1.07 bits per heavy atom. The summed E-state index contributed by atoms with van der Waals surface area (Å²) in [5.41, 5.74) is 0.630. The van der Waals surface area contributed by atoms with E-state index in [1.54, 1.807) is 0 Å². The van der Waals surface area contributed by atoms with Crippen molar-refractivity contribution in [1.82, 2.24) is 0 Å². The van der Waals surface area contributed by atoms with Crippen LogP contribution in [0.2, 0.25) is 0 Å². The quantitative estimate of drug-likeness (QED) is 0.427. The minimum absolute atomic E-state index is 0.0637. The summed E-state index contributed by atoms with van der Waals surface area (Å²) in [7, 11) is 0. The minimum atomic E-state index is -0.427.